The van der Waals surface area contributed by atoms with Gasteiger partial charge in [-0.05, 0) is 23.9 Å². The van der Waals surface area contributed by atoms with E-state index < -0.39 is 11.0 Å². The summed E-state index contributed by atoms with van der Waals surface area (Å²) < 4.78 is 0. The van der Waals surface area contributed by atoms with E-state index in [0.29, 0.717) is 10.9 Å². The maximum absolute atomic E-state index is 10.8. The lowest BCUT2D eigenvalue weighted by atomic mass is 10.0. The van der Waals surface area contributed by atoms with Gasteiger partial charge in [0.1, 0.15) is 0 Å². The molecule has 0 aliphatic rings. The minimum Gasteiger partial charge on any atom is -0.389 e. The Morgan fingerprint density at radius 2 is 2.06 bits per heavy atom. The van der Waals surface area contributed by atoms with Crippen LogP contribution in [0.3, 0.4) is 0 Å². The molecule has 4 heteroatoms. The normalized spacial score (nSPS) is 12.6. The highest BCUT2D eigenvalue weighted by atomic mass is 16.6. The van der Waals surface area contributed by atoms with E-state index in [1.165, 1.54) is 6.07 Å². The fraction of sp³-hybridized carbons (Fsp3) is 0.167. The van der Waals surface area contributed by atoms with Crippen molar-refractivity contribution in [3.63, 3.8) is 0 Å². The number of rotatable bonds is 2. The zero-order chi connectivity index (χ0) is 11.7. The van der Waals surface area contributed by atoms with E-state index in [9.17, 15) is 15.2 Å². The van der Waals surface area contributed by atoms with Gasteiger partial charge in [0.25, 0.3) is 5.69 Å². The van der Waals surface area contributed by atoms with Crippen molar-refractivity contribution in [3.8, 4) is 0 Å². The van der Waals surface area contributed by atoms with Gasteiger partial charge in [0.2, 0.25) is 0 Å². The van der Waals surface area contributed by atoms with E-state index in [4.69, 9.17) is 0 Å². The summed E-state index contributed by atoms with van der Waals surface area (Å²) >= 11 is 0. The molecule has 0 radical (unpaired) electrons. The van der Waals surface area contributed by atoms with Crippen molar-refractivity contribution in [2.45, 2.75) is 13.0 Å². The second-order valence-corrected chi connectivity index (χ2v) is 3.69. The van der Waals surface area contributed by atoms with Crippen molar-refractivity contribution in [2.24, 2.45) is 0 Å². The number of aliphatic hydroxyl groups excluding tert-OH is 1. The van der Waals surface area contributed by atoms with Crippen LogP contribution in [0.1, 0.15) is 18.6 Å². The molecule has 2 aromatic rings. The Bertz CT molecular complexity index is 549. The van der Waals surface area contributed by atoms with Crippen molar-refractivity contribution in [1.82, 2.24) is 0 Å². The number of fused-ring (bicyclic) bond motifs is 1. The molecule has 1 atom stereocenters. The molecule has 4 nitrogen and oxygen atoms in total. The van der Waals surface area contributed by atoms with Crippen LogP contribution in [0.2, 0.25) is 0 Å². The summed E-state index contributed by atoms with van der Waals surface area (Å²) in [7, 11) is 0. The van der Waals surface area contributed by atoms with Crippen molar-refractivity contribution in [3.05, 3.63) is 52.1 Å². The minimum atomic E-state index is -0.621. The zero-order valence-corrected chi connectivity index (χ0v) is 8.75. The van der Waals surface area contributed by atoms with Gasteiger partial charge in [-0.15, -0.1) is 0 Å². The lowest BCUT2D eigenvalue weighted by molar-refractivity contribution is -0.383. The molecule has 16 heavy (non-hydrogen) atoms. The van der Waals surface area contributed by atoms with Crippen molar-refractivity contribution in [1.29, 1.82) is 0 Å². The van der Waals surface area contributed by atoms with E-state index in [1.807, 2.05) is 6.07 Å². The van der Waals surface area contributed by atoms with Gasteiger partial charge in [-0.3, -0.25) is 10.1 Å². The first kappa shape index (κ1) is 10.6. The largest absolute Gasteiger partial charge is 0.389 e. The van der Waals surface area contributed by atoms with Gasteiger partial charge in [-0.1, -0.05) is 24.3 Å². The molecule has 0 aromatic heterocycles. The quantitative estimate of drug-likeness (QED) is 0.621. The van der Waals surface area contributed by atoms with Crippen LogP contribution in [-0.4, -0.2) is 10.0 Å². The lowest BCUT2D eigenvalue weighted by Gasteiger charge is -2.06. The predicted octanol–water partition coefficient (Wildman–Crippen LogP) is 2.80. The molecule has 0 bridgehead atoms. The van der Waals surface area contributed by atoms with Gasteiger partial charge in [0, 0.05) is 6.07 Å². The molecule has 2 rings (SSSR count). The monoisotopic (exact) mass is 217 g/mol. The summed E-state index contributed by atoms with van der Waals surface area (Å²) in [5.41, 5.74) is 0.752. The Morgan fingerprint density at radius 3 is 2.69 bits per heavy atom. The molecule has 1 N–H and O–H groups in total. The smallest absolute Gasteiger partial charge is 0.277 e. The molecule has 0 amide bonds. The number of nitro benzene ring substituents is 1. The first-order valence-electron chi connectivity index (χ1n) is 4.95. The van der Waals surface area contributed by atoms with E-state index in [0.717, 1.165) is 5.39 Å². The number of benzene rings is 2. The summed E-state index contributed by atoms with van der Waals surface area (Å²) in [4.78, 5) is 10.4. The standard InChI is InChI=1S/C12H11NO3/c1-8(14)10-6-5-9-3-2-4-12(13(15)16)11(9)7-10/h2-8,14H,1H3. The second kappa shape index (κ2) is 3.90. The van der Waals surface area contributed by atoms with Gasteiger partial charge in [-0.25, -0.2) is 0 Å². The van der Waals surface area contributed by atoms with E-state index in [1.54, 1.807) is 31.2 Å². The second-order valence-electron chi connectivity index (χ2n) is 3.69. The maximum atomic E-state index is 10.8. The van der Waals surface area contributed by atoms with Crippen LogP contribution in [-0.2, 0) is 0 Å². The first-order chi connectivity index (χ1) is 7.59. The summed E-state index contributed by atoms with van der Waals surface area (Å²) in [5.74, 6) is 0. The minimum absolute atomic E-state index is 0.0694. The van der Waals surface area contributed by atoms with Crippen molar-refractivity contribution < 1.29 is 10.0 Å². The molecular formula is C12H11NO3. The van der Waals surface area contributed by atoms with Crippen LogP contribution in [0, 0.1) is 10.1 Å². The first-order valence-corrected chi connectivity index (χ1v) is 4.95. The van der Waals surface area contributed by atoms with Crippen LogP contribution in [0.5, 0.6) is 0 Å². The molecule has 0 saturated heterocycles. The number of hydrogen-bond acceptors (Lipinski definition) is 3. The Balaban J connectivity index is 2.73. The molecule has 0 aliphatic carbocycles. The molecule has 0 spiro atoms. The molecule has 0 saturated carbocycles. The number of hydrogen-bond donors (Lipinski definition) is 1. The highest BCUT2D eigenvalue weighted by Gasteiger charge is 2.12. The van der Waals surface area contributed by atoms with Gasteiger partial charge >= 0.3 is 0 Å². The highest BCUT2D eigenvalue weighted by molar-refractivity contribution is 5.91. The third-order valence-electron chi connectivity index (χ3n) is 2.56. The molecule has 0 aliphatic heterocycles. The average Bonchev–Trinajstić information content (AvgIpc) is 2.27. The molecular weight excluding hydrogens is 206 g/mol. The predicted molar refractivity (Wildman–Crippen MR) is 61.2 cm³/mol. The molecule has 0 fully saturated rings. The highest BCUT2D eigenvalue weighted by Crippen LogP contribution is 2.27. The molecule has 2 aromatic carbocycles. The lowest BCUT2D eigenvalue weighted by Crippen LogP contribution is -1.93. The van der Waals surface area contributed by atoms with Crippen molar-refractivity contribution in [2.75, 3.05) is 0 Å². The topological polar surface area (TPSA) is 63.4 Å². The third kappa shape index (κ3) is 1.75. The SMILES string of the molecule is CC(O)c1ccc2cccc([N+](=O)[O-])c2c1. The molecule has 0 heterocycles. The van der Waals surface area contributed by atoms with Crippen LogP contribution in [0.25, 0.3) is 10.8 Å². The molecule has 1 unspecified atom stereocenters. The van der Waals surface area contributed by atoms with E-state index in [2.05, 4.69) is 0 Å². The van der Waals surface area contributed by atoms with Crippen LogP contribution in [0.4, 0.5) is 5.69 Å². The van der Waals surface area contributed by atoms with E-state index in [-0.39, 0.29) is 5.69 Å². The number of non-ortho nitro benzene ring substituents is 1. The van der Waals surface area contributed by atoms with Crippen molar-refractivity contribution >= 4 is 16.5 Å². The average molecular weight is 217 g/mol. The van der Waals surface area contributed by atoms with E-state index >= 15 is 0 Å². The number of aliphatic hydroxyl groups is 1. The summed E-state index contributed by atoms with van der Waals surface area (Å²) in [6.07, 6.45) is -0.621. The Hall–Kier alpha value is -1.94. The fourth-order valence-corrected chi connectivity index (χ4v) is 1.69. The fourth-order valence-electron chi connectivity index (χ4n) is 1.69. The van der Waals surface area contributed by atoms with Crippen LogP contribution in [0.15, 0.2) is 36.4 Å². The Labute approximate surface area is 92.3 Å². The Kier molecular flexibility index (Phi) is 2.58. The third-order valence-corrected chi connectivity index (χ3v) is 2.56. The van der Waals surface area contributed by atoms with Crippen LogP contribution < -0.4 is 0 Å². The maximum Gasteiger partial charge on any atom is 0.277 e. The zero-order valence-electron chi connectivity index (χ0n) is 8.75. The number of nitrogens with zero attached hydrogens (tertiary/aromatic N) is 1. The van der Waals surface area contributed by atoms with Gasteiger partial charge in [-0.2, -0.15) is 0 Å². The summed E-state index contributed by atoms with van der Waals surface area (Å²) in [6, 6.07) is 10.2. The van der Waals surface area contributed by atoms with Gasteiger partial charge in [0.05, 0.1) is 16.4 Å². The Morgan fingerprint density at radius 1 is 1.31 bits per heavy atom. The van der Waals surface area contributed by atoms with Gasteiger partial charge in [0.15, 0.2) is 0 Å². The summed E-state index contributed by atoms with van der Waals surface area (Å²) in [6.45, 7) is 1.63. The number of nitro groups is 1. The van der Waals surface area contributed by atoms with Crippen LogP contribution >= 0.6 is 0 Å². The van der Waals surface area contributed by atoms with Gasteiger partial charge < -0.3 is 5.11 Å². The molecule has 82 valence electrons. The summed E-state index contributed by atoms with van der Waals surface area (Å²) in [5, 5.41) is 21.6.